The highest BCUT2D eigenvalue weighted by molar-refractivity contribution is 5.68. The van der Waals surface area contributed by atoms with Crippen LogP contribution in [-0.4, -0.2) is 15.6 Å². The van der Waals surface area contributed by atoms with Gasteiger partial charge in [0.25, 0.3) is 0 Å². The fraction of sp³-hybridized carbons (Fsp3) is 0.214. The number of carbonyl (C=O) groups is 1. The van der Waals surface area contributed by atoms with Crippen molar-refractivity contribution in [2.75, 3.05) is 0 Å². The van der Waals surface area contributed by atoms with Crippen molar-refractivity contribution in [3.8, 4) is 0 Å². The third-order valence-corrected chi connectivity index (χ3v) is 2.79. The number of aliphatic carboxylic acids is 1. The molecule has 2 aromatic rings. The average molecular weight is 229 g/mol. The maximum atomic E-state index is 10.9. The Balaban J connectivity index is 2.16. The molecule has 1 aromatic heterocycles. The molecular formula is C14H15NO2. The molecule has 88 valence electrons. The van der Waals surface area contributed by atoms with Crippen molar-refractivity contribution in [3.05, 3.63) is 60.4 Å². The van der Waals surface area contributed by atoms with E-state index in [9.17, 15) is 4.79 Å². The molecule has 0 bridgehead atoms. The highest BCUT2D eigenvalue weighted by Gasteiger charge is 2.15. The average Bonchev–Trinajstić information content (AvgIpc) is 2.82. The van der Waals surface area contributed by atoms with E-state index in [1.165, 1.54) is 0 Å². The van der Waals surface area contributed by atoms with Crippen LogP contribution in [0.15, 0.2) is 54.9 Å². The summed E-state index contributed by atoms with van der Waals surface area (Å²) >= 11 is 0. The molecule has 0 unspecified atom stereocenters. The van der Waals surface area contributed by atoms with Crippen LogP contribution in [0.4, 0.5) is 0 Å². The van der Waals surface area contributed by atoms with E-state index in [1.54, 1.807) is 0 Å². The summed E-state index contributed by atoms with van der Waals surface area (Å²) in [5.41, 5.74) is 1.07. The molecule has 0 radical (unpaired) electrons. The first-order chi connectivity index (χ1) is 8.25. The molecule has 1 atom stereocenters. The Morgan fingerprint density at radius 3 is 2.35 bits per heavy atom. The maximum absolute atomic E-state index is 10.9. The summed E-state index contributed by atoms with van der Waals surface area (Å²) < 4.78 is 2.01. The molecule has 1 N–H and O–H groups in total. The number of carboxylic acids is 1. The number of nitrogens with zero attached hydrogens (tertiary/aromatic N) is 1. The summed E-state index contributed by atoms with van der Waals surface area (Å²) in [7, 11) is 0. The van der Waals surface area contributed by atoms with Crippen molar-refractivity contribution in [3.63, 3.8) is 0 Å². The van der Waals surface area contributed by atoms with Crippen molar-refractivity contribution in [1.29, 1.82) is 0 Å². The molecular weight excluding hydrogens is 214 g/mol. The number of benzene rings is 1. The molecule has 0 amide bonds. The quantitative estimate of drug-likeness (QED) is 0.856. The Morgan fingerprint density at radius 2 is 1.76 bits per heavy atom. The molecule has 0 fully saturated rings. The van der Waals surface area contributed by atoms with Gasteiger partial charge < -0.3 is 9.67 Å². The van der Waals surface area contributed by atoms with Gasteiger partial charge in [-0.3, -0.25) is 4.79 Å². The molecule has 0 aliphatic rings. The number of carboxylic acid groups (broad SMARTS) is 1. The molecule has 0 spiro atoms. The van der Waals surface area contributed by atoms with Gasteiger partial charge in [0, 0.05) is 24.9 Å². The molecule has 0 saturated heterocycles. The van der Waals surface area contributed by atoms with E-state index in [0.29, 0.717) is 6.54 Å². The van der Waals surface area contributed by atoms with Crippen LogP contribution in [0.25, 0.3) is 0 Å². The normalized spacial score (nSPS) is 12.2. The number of rotatable bonds is 5. The van der Waals surface area contributed by atoms with E-state index >= 15 is 0 Å². The lowest BCUT2D eigenvalue weighted by Gasteiger charge is -2.16. The molecule has 3 heteroatoms. The minimum absolute atomic E-state index is 0.0149. The van der Waals surface area contributed by atoms with Crippen LogP contribution in [0.3, 0.4) is 0 Å². The van der Waals surface area contributed by atoms with E-state index in [-0.39, 0.29) is 12.3 Å². The summed E-state index contributed by atoms with van der Waals surface area (Å²) in [6.07, 6.45) is 4.07. The van der Waals surface area contributed by atoms with Gasteiger partial charge in [-0.2, -0.15) is 0 Å². The van der Waals surface area contributed by atoms with Crippen molar-refractivity contribution < 1.29 is 9.90 Å². The largest absolute Gasteiger partial charge is 0.481 e. The molecule has 0 aliphatic heterocycles. The van der Waals surface area contributed by atoms with Crippen LogP contribution in [0.1, 0.15) is 17.9 Å². The second-order valence-electron chi connectivity index (χ2n) is 4.09. The fourth-order valence-electron chi connectivity index (χ4n) is 1.97. The monoisotopic (exact) mass is 229 g/mol. The minimum atomic E-state index is -0.758. The van der Waals surface area contributed by atoms with Gasteiger partial charge in [0.2, 0.25) is 0 Å². The van der Waals surface area contributed by atoms with Gasteiger partial charge in [0.15, 0.2) is 0 Å². The Bertz CT molecular complexity index is 462. The SMILES string of the molecule is O=C(O)C[C@H](Cn1cccc1)c1ccccc1. The van der Waals surface area contributed by atoms with E-state index in [0.717, 1.165) is 5.56 Å². The van der Waals surface area contributed by atoms with E-state index < -0.39 is 5.97 Å². The Morgan fingerprint density at radius 1 is 1.12 bits per heavy atom. The Kier molecular flexibility index (Phi) is 3.60. The molecule has 0 saturated carbocycles. The van der Waals surface area contributed by atoms with Crippen LogP contribution in [0.5, 0.6) is 0 Å². The molecule has 2 rings (SSSR count). The summed E-state index contributed by atoms with van der Waals surface area (Å²) in [6.45, 7) is 0.698. The van der Waals surface area contributed by atoms with Gasteiger partial charge in [-0.1, -0.05) is 30.3 Å². The molecule has 1 aromatic carbocycles. The van der Waals surface area contributed by atoms with Gasteiger partial charge in [0.1, 0.15) is 0 Å². The predicted octanol–water partition coefficient (Wildman–Crippen LogP) is 2.75. The predicted molar refractivity (Wildman–Crippen MR) is 65.9 cm³/mol. The Labute approximate surface area is 100 Å². The first-order valence-electron chi connectivity index (χ1n) is 5.63. The topological polar surface area (TPSA) is 42.2 Å². The van der Waals surface area contributed by atoms with Crippen molar-refractivity contribution in [1.82, 2.24) is 4.57 Å². The number of hydrogen-bond acceptors (Lipinski definition) is 1. The zero-order valence-electron chi connectivity index (χ0n) is 9.49. The first-order valence-corrected chi connectivity index (χ1v) is 5.63. The van der Waals surface area contributed by atoms with Gasteiger partial charge in [-0.05, 0) is 17.7 Å². The number of aromatic nitrogens is 1. The number of hydrogen-bond donors (Lipinski definition) is 1. The lowest BCUT2D eigenvalue weighted by molar-refractivity contribution is -0.137. The maximum Gasteiger partial charge on any atom is 0.304 e. The van der Waals surface area contributed by atoms with E-state index in [4.69, 9.17) is 5.11 Å². The van der Waals surface area contributed by atoms with Crippen LogP contribution >= 0.6 is 0 Å². The highest BCUT2D eigenvalue weighted by atomic mass is 16.4. The van der Waals surface area contributed by atoms with Crippen LogP contribution < -0.4 is 0 Å². The van der Waals surface area contributed by atoms with E-state index in [2.05, 4.69) is 0 Å². The van der Waals surface area contributed by atoms with E-state index in [1.807, 2.05) is 59.4 Å². The van der Waals surface area contributed by atoms with Crippen LogP contribution in [-0.2, 0) is 11.3 Å². The second kappa shape index (κ2) is 5.34. The summed E-state index contributed by atoms with van der Waals surface area (Å²) in [5.74, 6) is -0.743. The summed E-state index contributed by atoms with van der Waals surface area (Å²) in [5, 5.41) is 8.96. The van der Waals surface area contributed by atoms with Crippen LogP contribution in [0.2, 0.25) is 0 Å². The third-order valence-electron chi connectivity index (χ3n) is 2.79. The molecule has 17 heavy (non-hydrogen) atoms. The van der Waals surface area contributed by atoms with Gasteiger partial charge in [-0.25, -0.2) is 0 Å². The lowest BCUT2D eigenvalue weighted by atomic mass is 9.96. The van der Waals surface area contributed by atoms with Crippen LogP contribution in [0, 0.1) is 0 Å². The van der Waals surface area contributed by atoms with Gasteiger partial charge >= 0.3 is 5.97 Å². The van der Waals surface area contributed by atoms with Crippen molar-refractivity contribution in [2.24, 2.45) is 0 Å². The van der Waals surface area contributed by atoms with Gasteiger partial charge in [0.05, 0.1) is 6.42 Å². The summed E-state index contributed by atoms with van der Waals surface area (Å²) in [6, 6.07) is 13.7. The zero-order chi connectivity index (χ0) is 12.1. The molecule has 3 nitrogen and oxygen atoms in total. The van der Waals surface area contributed by atoms with Crippen molar-refractivity contribution in [2.45, 2.75) is 18.9 Å². The summed E-state index contributed by atoms with van der Waals surface area (Å²) in [4.78, 5) is 10.9. The van der Waals surface area contributed by atoms with Gasteiger partial charge in [-0.15, -0.1) is 0 Å². The smallest absolute Gasteiger partial charge is 0.304 e. The third kappa shape index (κ3) is 3.21. The Hall–Kier alpha value is -2.03. The minimum Gasteiger partial charge on any atom is -0.481 e. The van der Waals surface area contributed by atoms with Crippen molar-refractivity contribution >= 4 is 5.97 Å². The first kappa shape index (κ1) is 11.5. The zero-order valence-corrected chi connectivity index (χ0v) is 9.49. The fourth-order valence-corrected chi connectivity index (χ4v) is 1.97. The standard InChI is InChI=1S/C14H15NO2/c16-14(17)10-13(11-15-8-4-5-9-15)12-6-2-1-3-7-12/h1-9,13H,10-11H2,(H,16,17)/t13-/m1/s1. The molecule has 0 aliphatic carbocycles. The second-order valence-corrected chi connectivity index (χ2v) is 4.09. The molecule has 1 heterocycles. The lowest BCUT2D eigenvalue weighted by Crippen LogP contribution is -2.12. The highest BCUT2D eigenvalue weighted by Crippen LogP contribution is 2.21.